The summed E-state index contributed by atoms with van der Waals surface area (Å²) in [7, 11) is 0. The topological polar surface area (TPSA) is 52.6 Å². The Morgan fingerprint density at radius 2 is 1.62 bits per heavy atom. The lowest BCUT2D eigenvalue weighted by molar-refractivity contribution is -0.187. The van der Waals surface area contributed by atoms with Crippen molar-refractivity contribution in [3.8, 4) is 0 Å². The van der Waals surface area contributed by atoms with Gasteiger partial charge in [-0.2, -0.15) is 0 Å². The van der Waals surface area contributed by atoms with Crippen LogP contribution in [0.3, 0.4) is 0 Å². The molecular weight excluding hydrogens is 384 g/mol. The summed E-state index contributed by atoms with van der Waals surface area (Å²) >= 11 is 1.67. The molecule has 0 radical (unpaired) electrons. The predicted octanol–water partition coefficient (Wildman–Crippen LogP) is 5.79. The van der Waals surface area contributed by atoms with Crippen LogP contribution >= 0.6 is 11.3 Å². The lowest BCUT2D eigenvalue weighted by Crippen LogP contribution is -2.22. The Kier molecular flexibility index (Phi) is 5.07. The molecule has 29 heavy (non-hydrogen) atoms. The molecule has 1 heterocycles. The van der Waals surface area contributed by atoms with Crippen LogP contribution in [0.4, 0.5) is 0 Å². The van der Waals surface area contributed by atoms with Gasteiger partial charge in [0.2, 0.25) is 0 Å². The fourth-order valence-corrected chi connectivity index (χ4v) is 4.25. The van der Waals surface area contributed by atoms with E-state index in [1.807, 2.05) is 23.6 Å². The quantitative estimate of drug-likeness (QED) is 0.410. The number of thiophene rings is 1. The minimum Gasteiger partial charge on any atom is -0.242 e. The van der Waals surface area contributed by atoms with E-state index in [0.717, 1.165) is 22.4 Å². The minimum absolute atomic E-state index is 0.0295. The summed E-state index contributed by atoms with van der Waals surface area (Å²) in [5.74, 6) is -1.41. The Balaban J connectivity index is 1.58. The predicted molar refractivity (Wildman–Crippen MR) is 113 cm³/mol. The molecule has 3 aromatic rings. The van der Waals surface area contributed by atoms with Gasteiger partial charge in [0.1, 0.15) is 0 Å². The molecule has 0 aliphatic heterocycles. The number of carbonyl (C=O) groups excluding carboxylic acids is 2. The van der Waals surface area contributed by atoms with E-state index in [0.29, 0.717) is 11.1 Å². The average Bonchev–Trinajstić information content (AvgIpc) is 3.26. The van der Waals surface area contributed by atoms with Crippen molar-refractivity contribution >= 4 is 28.8 Å². The summed E-state index contributed by atoms with van der Waals surface area (Å²) < 4.78 is 0. The van der Waals surface area contributed by atoms with Gasteiger partial charge in [-0.25, -0.2) is 19.4 Å². The fraction of sp³-hybridized carbons (Fsp3) is 0.167. The zero-order valence-electron chi connectivity index (χ0n) is 16.2. The van der Waals surface area contributed by atoms with E-state index in [1.54, 1.807) is 47.7 Å². The number of fused-ring (bicyclic) bond motifs is 1. The highest BCUT2D eigenvalue weighted by molar-refractivity contribution is 7.11. The van der Waals surface area contributed by atoms with Crippen LogP contribution in [0.5, 0.6) is 0 Å². The van der Waals surface area contributed by atoms with Crippen LogP contribution in [0.2, 0.25) is 0 Å². The van der Waals surface area contributed by atoms with E-state index in [-0.39, 0.29) is 5.41 Å². The summed E-state index contributed by atoms with van der Waals surface area (Å²) in [6.07, 6.45) is 3.14. The van der Waals surface area contributed by atoms with E-state index < -0.39 is 11.9 Å². The van der Waals surface area contributed by atoms with Crippen molar-refractivity contribution in [3.05, 3.63) is 99.3 Å². The normalized spacial score (nSPS) is 14.5. The highest BCUT2D eigenvalue weighted by atomic mass is 32.1. The van der Waals surface area contributed by atoms with Gasteiger partial charge in [0.25, 0.3) is 0 Å². The molecule has 4 nitrogen and oxygen atoms in total. The van der Waals surface area contributed by atoms with E-state index in [1.165, 1.54) is 5.56 Å². The molecule has 2 aromatic carbocycles. The molecular formula is C24H20O4S. The van der Waals surface area contributed by atoms with Gasteiger partial charge >= 0.3 is 11.9 Å². The number of rotatable bonds is 3. The maximum atomic E-state index is 12.5. The Morgan fingerprint density at radius 1 is 0.897 bits per heavy atom. The third kappa shape index (κ3) is 3.87. The van der Waals surface area contributed by atoms with Gasteiger partial charge in [0, 0.05) is 4.88 Å². The van der Waals surface area contributed by atoms with E-state index in [4.69, 9.17) is 9.78 Å². The van der Waals surface area contributed by atoms with Crippen LogP contribution in [-0.4, -0.2) is 11.9 Å². The average molecular weight is 404 g/mol. The van der Waals surface area contributed by atoms with Crippen LogP contribution in [-0.2, 0) is 15.2 Å². The molecule has 0 N–H and O–H groups in total. The summed E-state index contributed by atoms with van der Waals surface area (Å²) in [5, 5.41) is 2.04. The number of carbonyl (C=O) groups is 2. The Bertz CT molecular complexity index is 1080. The summed E-state index contributed by atoms with van der Waals surface area (Å²) in [6, 6.07) is 18.0. The number of hydrogen-bond acceptors (Lipinski definition) is 5. The SMILES string of the molecule is CC1(C)CC=C(c2cccs2)c2cc(C(=O)OOC(=O)c3ccccc3)ccc21. The molecule has 0 fully saturated rings. The van der Waals surface area contributed by atoms with Crippen molar-refractivity contribution < 1.29 is 19.4 Å². The Morgan fingerprint density at radius 3 is 2.31 bits per heavy atom. The molecule has 0 saturated carbocycles. The second-order valence-electron chi connectivity index (χ2n) is 7.55. The third-order valence-electron chi connectivity index (χ3n) is 5.08. The van der Waals surface area contributed by atoms with Crippen LogP contribution in [0.25, 0.3) is 5.57 Å². The van der Waals surface area contributed by atoms with Crippen LogP contribution in [0.1, 0.15) is 57.0 Å². The standard InChI is InChI=1S/C24H20O4S/c1-24(2)13-12-18(21-9-6-14-29-21)19-15-17(10-11-20(19)24)23(26)28-27-22(25)16-7-4-3-5-8-16/h3-12,14-15H,13H2,1-2H3. The molecule has 1 aliphatic rings. The third-order valence-corrected chi connectivity index (χ3v) is 5.98. The molecule has 0 saturated heterocycles. The van der Waals surface area contributed by atoms with Crippen LogP contribution in [0, 0.1) is 0 Å². The molecule has 0 amide bonds. The second-order valence-corrected chi connectivity index (χ2v) is 8.50. The fourth-order valence-electron chi connectivity index (χ4n) is 3.47. The van der Waals surface area contributed by atoms with Crippen molar-refractivity contribution in [2.24, 2.45) is 0 Å². The first-order valence-corrected chi connectivity index (χ1v) is 10.2. The first-order chi connectivity index (χ1) is 14.0. The minimum atomic E-state index is -0.711. The van der Waals surface area contributed by atoms with Gasteiger partial charge in [-0.1, -0.05) is 50.3 Å². The zero-order chi connectivity index (χ0) is 20.4. The summed E-state index contributed by atoms with van der Waals surface area (Å²) in [4.78, 5) is 35.2. The Labute approximate surface area is 173 Å². The van der Waals surface area contributed by atoms with Gasteiger partial charge in [0.05, 0.1) is 11.1 Å². The number of hydrogen-bond donors (Lipinski definition) is 0. The lowest BCUT2D eigenvalue weighted by atomic mass is 9.73. The van der Waals surface area contributed by atoms with Gasteiger partial charge in [0.15, 0.2) is 0 Å². The van der Waals surface area contributed by atoms with Crippen LogP contribution in [0.15, 0.2) is 72.1 Å². The van der Waals surface area contributed by atoms with Gasteiger partial charge < -0.3 is 0 Å². The number of allylic oxidation sites excluding steroid dienone is 1. The van der Waals surface area contributed by atoms with Crippen molar-refractivity contribution in [2.45, 2.75) is 25.7 Å². The maximum absolute atomic E-state index is 12.5. The monoisotopic (exact) mass is 404 g/mol. The lowest BCUT2D eigenvalue weighted by Gasteiger charge is -2.32. The van der Waals surface area contributed by atoms with Crippen molar-refractivity contribution in [1.29, 1.82) is 0 Å². The first kappa shape index (κ1) is 19.2. The zero-order valence-corrected chi connectivity index (χ0v) is 17.0. The van der Waals surface area contributed by atoms with Crippen molar-refractivity contribution in [1.82, 2.24) is 0 Å². The van der Waals surface area contributed by atoms with Crippen molar-refractivity contribution in [3.63, 3.8) is 0 Å². The molecule has 5 heteroatoms. The molecule has 0 spiro atoms. The molecule has 146 valence electrons. The molecule has 0 atom stereocenters. The Hall–Kier alpha value is -3.18. The molecule has 0 unspecified atom stereocenters. The molecule has 1 aliphatic carbocycles. The maximum Gasteiger partial charge on any atom is 0.386 e. The summed E-state index contributed by atoms with van der Waals surface area (Å²) in [5.41, 5.74) is 3.93. The van der Waals surface area contributed by atoms with Gasteiger partial charge in [-0.15, -0.1) is 11.3 Å². The highest BCUT2D eigenvalue weighted by Crippen LogP contribution is 2.42. The van der Waals surface area contributed by atoms with E-state index in [2.05, 4.69) is 26.0 Å². The van der Waals surface area contributed by atoms with Crippen LogP contribution < -0.4 is 0 Å². The van der Waals surface area contributed by atoms with Gasteiger partial charge in [-0.3, -0.25) is 0 Å². The second kappa shape index (κ2) is 7.68. The van der Waals surface area contributed by atoms with E-state index in [9.17, 15) is 9.59 Å². The highest BCUT2D eigenvalue weighted by Gasteiger charge is 2.30. The molecule has 1 aromatic heterocycles. The molecule has 0 bridgehead atoms. The van der Waals surface area contributed by atoms with Gasteiger partial charge in [-0.05, 0) is 64.2 Å². The van der Waals surface area contributed by atoms with Crippen molar-refractivity contribution in [2.75, 3.05) is 0 Å². The molecule has 4 rings (SSSR count). The summed E-state index contributed by atoms with van der Waals surface area (Å²) in [6.45, 7) is 4.38. The number of benzene rings is 2. The largest absolute Gasteiger partial charge is 0.386 e. The first-order valence-electron chi connectivity index (χ1n) is 9.33. The van der Waals surface area contributed by atoms with E-state index >= 15 is 0 Å². The smallest absolute Gasteiger partial charge is 0.242 e.